The van der Waals surface area contributed by atoms with Crippen LogP contribution in [0.15, 0.2) is 0 Å². The van der Waals surface area contributed by atoms with Crippen LogP contribution in [0.4, 0.5) is 0 Å². The van der Waals surface area contributed by atoms with Crippen LogP contribution in [0.1, 0.15) is 41.0 Å². The molecule has 0 rings (SSSR count). The average molecular weight is 158 g/mol. The molecular formula is C9H18O2. The van der Waals surface area contributed by atoms with Crippen LogP contribution < -0.4 is 0 Å². The minimum Gasteiger partial charge on any atom is -0.460 e. The van der Waals surface area contributed by atoms with E-state index >= 15 is 0 Å². The molecule has 0 radical (unpaired) electrons. The molecule has 11 heavy (non-hydrogen) atoms. The van der Waals surface area contributed by atoms with Gasteiger partial charge in [0.25, 0.3) is 0 Å². The molecule has 0 spiro atoms. The first kappa shape index (κ1) is 10.5. The molecule has 0 fully saturated rings. The zero-order valence-corrected chi connectivity index (χ0v) is 8.10. The van der Waals surface area contributed by atoms with Crippen molar-refractivity contribution in [3.63, 3.8) is 0 Å². The van der Waals surface area contributed by atoms with Crippen LogP contribution in [0.3, 0.4) is 0 Å². The van der Waals surface area contributed by atoms with E-state index in [9.17, 15) is 4.79 Å². The van der Waals surface area contributed by atoms with Gasteiger partial charge in [-0.15, -0.1) is 0 Å². The fourth-order valence-electron chi connectivity index (χ4n) is 0.963. The van der Waals surface area contributed by atoms with Crippen molar-refractivity contribution < 1.29 is 9.53 Å². The Kier molecular flexibility index (Phi) is 3.56. The molecule has 1 unspecified atom stereocenters. The van der Waals surface area contributed by atoms with E-state index in [1.807, 2.05) is 13.8 Å². The van der Waals surface area contributed by atoms with Crippen molar-refractivity contribution in [2.45, 2.75) is 46.6 Å². The van der Waals surface area contributed by atoms with Gasteiger partial charge < -0.3 is 4.74 Å². The maximum Gasteiger partial charge on any atom is 0.303 e. The summed E-state index contributed by atoms with van der Waals surface area (Å²) in [5.74, 6) is 0.210. The second kappa shape index (κ2) is 3.74. The molecule has 0 heterocycles. The topological polar surface area (TPSA) is 26.3 Å². The fraction of sp³-hybridized carbons (Fsp3) is 0.889. The summed E-state index contributed by atoms with van der Waals surface area (Å²) in [6.45, 7) is 9.52. The number of carbonyl (C=O) groups is 1. The average Bonchev–Trinajstić information content (AvgIpc) is 1.83. The van der Waals surface area contributed by atoms with E-state index in [2.05, 4.69) is 13.8 Å². The summed E-state index contributed by atoms with van der Waals surface area (Å²) >= 11 is 0. The minimum atomic E-state index is -0.319. The third-order valence-electron chi connectivity index (χ3n) is 2.21. The van der Waals surface area contributed by atoms with Crippen molar-refractivity contribution in [3.8, 4) is 0 Å². The number of ether oxygens (including phenoxy) is 1. The molecule has 0 bridgehead atoms. The summed E-state index contributed by atoms with van der Waals surface area (Å²) in [4.78, 5) is 10.7. The van der Waals surface area contributed by atoms with Gasteiger partial charge in [0, 0.05) is 6.92 Å². The summed E-state index contributed by atoms with van der Waals surface area (Å²) < 4.78 is 5.15. The van der Waals surface area contributed by atoms with Gasteiger partial charge in [0.1, 0.15) is 5.60 Å². The maximum atomic E-state index is 10.7. The van der Waals surface area contributed by atoms with Gasteiger partial charge in [-0.3, -0.25) is 4.79 Å². The van der Waals surface area contributed by atoms with Crippen molar-refractivity contribution in [3.05, 3.63) is 0 Å². The Balaban J connectivity index is 4.08. The van der Waals surface area contributed by atoms with Crippen LogP contribution in [0.5, 0.6) is 0 Å². The van der Waals surface area contributed by atoms with E-state index in [1.165, 1.54) is 6.92 Å². The molecule has 2 heteroatoms. The smallest absolute Gasteiger partial charge is 0.303 e. The summed E-state index contributed by atoms with van der Waals surface area (Å²) in [5.41, 5.74) is -0.319. The number of hydrogen-bond acceptors (Lipinski definition) is 2. The van der Waals surface area contributed by atoms with E-state index < -0.39 is 0 Å². The lowest BCUT2D eigenvalue weighted by atomic mass is 9.90. The van der Waals surface area contributed by atoms with Crippen LogP contribution in [0, 0.1) is 5.92 Å². The van der Waals surface area contributed by atoms with Crippen molar-refractivity contribution >= 4 is 5.97 Å². The van der Waals surface area contributed by atoms with E-state index in [0.717, 1.165) is 6.42 Å². The molecule has 1 atom stereocenters. The summed E-state index contributed by atoms with van der Waals surface area (Å²) in [6, 6.07) is 0. The van der Waals surface area contributed by atoms with Gasteiger partial charge in [0.05, 0.1) is 0 Å². The quantitative estimate of drug-likeness (QED) is 0.589. The Morgan fingerprint density at radius 2 is 2.00 bits per heavy atom. The molecule has 0 aliphatic rings. The minimum absolute atomic E-state index is 0.199. The van der Waals surface area contributed by atoms with Crippen LogP contribution in [-0.4, -0.2) is 11.6 Å². The lowest BCUT2D eigenvalue weighted by molar-refractivity contribution is -0.158. The predicted octanol–water partition coefficient (Wildman–Crippen LogP) is 2.37. The molecule has 0 aromatic heterocycles. The zero-order chi connectivity index (χ0) is 9.07. The number of hydrogen-bond donors (Lipinski definition) is 0. The van der Waals surface area contributed by atoms with Crippen molar-refractivity contribution in [2.75, 3.05) is 0 Å². The molecule has 0 saturated heterocycles. The lowest BCUT2D eigenvalue weighted by Crippen LogP contribution is -2.34. The van der Waals surface area contributed by atoms with Crippen LogP contribution in [-0.2, 0) is 9.53 Å². The van der Waals surface area contributed by atoms with Crippen LogP contribution >= 0.6 is 0 Å². The van der Waals surface area contributed by atoms with Gasteiger partial charge in [-0.2, -0.15) is 0 Å². The van der Waals surface area contributed by atoms with Crippen LogP contribution in [0.2, 0.25) is 0 Å². The van der Waals surface area contributed by atoms with Crippen LogP contribution in [0.25, 0.3) is 0 Å². The summed E-state index contributed by atoms with van der Waals surface area (Å²) in [6.07, 6.45) is 1.03. The molecule has 2 nitrogen and oxygen atoms in total. The molecule has 0 saturated carbocycles. The zero-order valence-electron chi connectivity index (χ0n) is 8.10. The molecule has 66 valence electrons. The maximum absolute atomic E-state index is 10.7. The predicted molar refractivity (Wildman–Crippen MR) is 45.3 cm³/mol. The first-order valence-electron chi connectivity index (χ1n) is 4.09. The van der Waals surface area contributed by atoms with Crippen molar-refractivity contribution in [1.29, 1.82) is 0 Å². The Labute approximate surface area is 68.9 Å². The number of esters is 1. The Morgan fingerprint density at radius 3 is 2.27 bits per heavy atom. The second-order valence-corrected chi connectivity index (χ2v) is 3.51. The van der Waals surface area contributed by atoms with Gasteiger partial charge in [0.15, 0.2) is 0 Å². The van der Waals surface area contributed by atoms with E-state index in [-0.39, 0.29) is 11.6 Å². The number of rotatable bonds is 3. The molecule has 0 aliphatic carbocycles. The normalized spacial score (nSPS) is 14.3. The van der Waals surface area contributed by atoms with Gasteiger partial charge in [-0.25, -0.2) is 0 Å². The third-order valence-corrected chi connectivity index (χ3v) is 2.21. The van der Waals surface area contributed by atoms with E-state index in [1.54, 1.807) is 0 Å². The largest absolute Gasteiger partial charge is 0.460 e. The van der Waals surface area contributed by atoms with Gasteiger partial charge >= 0.3 is 5.97 Å². The Morgan fingerprint density at radius 1 is 1.55 bits per heavy atom. The number of carbonyl (C=O) groups excluding carboxylic acids is 1. The highest BCUT2D eigenvalue weighted by molar-refractivity contribution is 5.66. The monoisotopic (exact) mass is 158 g/mol. The molecule has 0 N–H and O–H groups in total. The second-order valence-electron chi connectivity index (χ2n) is 3.51. The summed E-state index contributed by atoms with van der Waals surface area (Å²) in [5, 5.41) is 0. The summed E-state index contributed by atoms with van der Waals surface area (Å²) in [7, 11) is 0. The highest BCUT2D eigenvalue weighted by Crippen LogP contribution is 2.23. The Bertz CT molecular complexity index is 138. The molecular weight excluding hydrogens is 140 g/mol. The standard InChI is InChI=1S/C9H18O2/c1-6-7(2)9(4,5)11-8(3)10/h7H,6H2,1-5H3. The van der Waals surface area contributed by atoms with Gasteiger partial charge in [-0.1, -0.05) is 13.8 Å². The third kappa shape index (κ3) is 3.40. The molecule has 0 aliphatic heterocycles. The van der Waals surface area contributed by atoms with Crippen molar-refractivity contribution in [2.24, 2.45) is 5.92 Å². The first-order valence-corrected chi connectivity index (χ1v) is 4.09. The highest BCUT2D eigenvalue weighted by Gasteiger charge is 2.27. The fourth-order valence-corrected chi connectivity index (χ4v) is 0.963. The van der Waals surface area contributed by atoms with Gasteiger partial charge in [0.2, 0.25) is 0 Å². The highest BCUT2D eigenvalue weighted by atomic mass is 16.6. The van der Waals surface area contributed by atoms with Gasteiger partial charge in [-0.05, 0) is 26.2 Å². The van der Waals surface area contributed by atoms with E-state index in [0.29, 0.717) is 5.92 Å². The molecule has 0 amide bonds. The lowest BCUT2D eigenvalue weighted by Gasteiger charge is -2.30. The molecule has 0 aromatic carbocycles. The molecule has 0 aromatic rings. The first-order chi connectivity index (χ1) is 4.90. The SMILES string of the molecule is CCC(C)C(C)(C)OC(C)=O. The Hall–Kier alpha value is -0.530. The van der Waals surface area contributed by atoms with Crippen molar-refractivity contribution in [1.82, 2.24) is 0 Å². The van der Waals surface area contributed by atoms with E-state index in [4.69, 9.17) is 4.74 Å².